The standard InChI is InChI=1S/C13H12F2I2NO2P/c14-10-5-4-7(6-9(10)13(15,16)21)18-12(19)8-2-1-3-11(8)20-17/h4-6H,1-3,21H2,(H,18,19). The molecule has 1 aliphatic carbocycles. The molecule has 1 aromatic rings. The quantitative estimate of drug-likeness (QED) is 0.336. The Morgan fingerprint density at radius 2 is 2.14 bits per heavy atom. The predicted octanol–water partition coefficient (Wildman–Crippen LogP) is 4.96. The van der Waals surface area contributed by atoms with Crippen LogP contribution in [0.25, 0.3) is 0 Å². The fourth-order valence-electron chi connectivity index (χ4n) is 2.11. The van der Waals surface area contributed by atoms with Crippen molar-refractivity contribution in [1.29, 1.82) is 0 Å². The van der Waals surface area contributed by atoms with Gasteiger partial charge in [-0.25, -0.2) is 8.78 Å². The maximum absolute atomic E-state index is 13.9. The second kappa shape index (κ2) is 7.04. The molecule has 0 fully saturated rings. The minimum atomic E-state index is -1.92. The Hall–Kier alpha value is -0.0200. The molecule has 2 unspecified atom stereocenters. The van der Waals surface area contributed by atoms with Crippen LogP contribution in [-0.2, 0) is 11.3 Å². The maximum Gasteiger partial charge on any atom is 0.255 e. The first-order valence-corrected chi connectivity index (χ1v) is 8.65. The Kier molecular flexibility index (Phi) is 5.81. The van der Waals surface area contributed by atoms with Crippen molar-refractivity contribution in [3.8, 4) is 0 Å². The van der Waals surface area contributed by atoms with E-state index in [1.165, 1.54) is 34.7 Å². The molecule has 1 amide bonds. The van der Waals surface area contributed by atoms with E-state index in [1.54, 1.807) is 23.0 Å². The molecule has 0 saturated heterocycles. The molecule has 0 aromatic heterocycles. The number of rotatable bonds is 4. The van der Waals surface area contributed by atoms with Crippen LogP contribution in [0.4, 0.5) is 14.5 Å². The number of hydrogen-bond donors (Lipinski definition) is 1. The number of allylic oxidation sites excluding steroid dienone is 1. The normalized spacial score (nSPS) is 17.6. The van der Waals surface area contributed by atoms with Crippen LogP contribution in [0.15, 0.2) is 29.5 Å². The van der Waals surface area contributed by atoms with E-state index in [-0.39, 0.29) is 11.5 Å². The molecule has 0 spiro atoms. The zero-order chi connectivity index (χ0) is 15.6. The van der Waals surface area contributed by atoms with Crippen molar-refractivity contribution in [3.63, 3.8) is 0 Å². The van der Waals surface area contributed by atoms with E-state index in [0.29, 0.717) is 23.4 Å². The molecule has 0 radical (unpaired) electrons. The van der Waals surface area contributed by atoms with E-state index < -0.39 is 9.23 Å². The molecule has 2 atom stereocenters. The Morgan fingerprint density at radius 1 is 1.43 bits per heavy atom. The molecular weight excluding hydrogens is 525 g/mol. The smallest absolute Gasteiger partial charge is 0.255 e. The van der Waals surface area contributed by atoms with E-state index >= 15 is 0 Å². The fraction of sp³-hybridized carbons (Fsp3) is 0.308. The summed E-state index contributed by atoms with van der Waals surface area (Å²) in [5.41, 5.74) is 0.809. The lowest BCUT2D eigenvalue weighted by Crippen LogP contribution is -2.15. The van der Waals surface area contributed by atoms with Gasteiger partial charge < -0.3 is 8.38 Å². The largest absolute Gasteiger partial charge is 0.432 e. The predicted molar refractivity (Wildman–Crippen MR) is 97.5 cm³/mol. The highest BCUT2D eigenvalue weighted by Gasteiger charge is 2.27. The number of nitrogens with one attached hydrogen (secondary N) is 1. The van der Waals surface area contributed by atoms with Gasteiger partial charge in [-0.15, -0.1) is 0 Å². The Labute approximate surface area is 151 Å². The van der Waals surface area contributed by atoms with Gasteiger partial charge in [0, 0.05) is 17.7 Å². The minimum absolute atomic E-state index is 0.128. The number of carbonyl (C=O) groups is 1. The van der Waals surface area contributed by atoms with Crippen molar-refractivity contribution in [2.24, 2.45) is 0 Å². The van der Waals surface area contributed by atoms with E-state index in [0.717, 1.165) is 18.9 Å². The van der Waals surface area contributed by atoms with Crippen LogP contribution in [0.5, 0.6) is 0 Å². The summed E-state index contributed by atoms with van der Waals surface area (Å²) >= 11 is 3.23. The SMILES string of the molecule is O=C(Nc1ccc(F)c(C(F)(P)I)c1)C1=C(OI)CCC1. The van der Waals surface area contributed by atoms with Gasteiger partial charge in [0.1, 0.15) is 11.6 Å². The molecule has 3 nitrogen and oxygen atoms in total. The summed E-state index contributed by atoms with van der Waals surface area (Å²) in [6, 6.07) is 3.84. The van der Waals surface area contributed by atoms with Crippen molar-refractivity contribution >= 4 is 66.4 Å². The third-order valence-electron chi connectivity index (χ3n) is 3.12. The van der Waals surface area contributed by atoms with Gasteiger partial charge in [0.15, 0.2) is 23.0 Å². The van der Waals surface area contributed by atoms with Crippen LogP contribution in [-0.4, -0.2) is 5.91 Å². The molecule has 0 aliphatic heterocycles. The number of halogens is 4. The summed E-state index contributed by atoms with van der Waals surface area (Å²) in [5, 5.41) is 2.66. The van der Waals surface area contributed by atoms with Gasteiger partial charge in [-0.1, -0.05) is 9.24 Å². The van der Waals surface area contributed by atoms with Crippen LogP contribution in [0, 0.1) is 5.82 Å². The van der Waals surface area contributed by atoms with Gasteiger partial charge in [-0.3, -0.25) is 4.79 Å². The molecular formula is C13H12F2I2NO2P. The first kappa shape index (κ1) is 17.3. The van der Waals surface area contributed by atoms with Crippen LogP contribution < -0.4 is 5.32 Å². The summed E-state index contributed by atoms with van der Waals surface area (Å²) in [7, 11) is 1.93. The molecule has 8 heteroatoms. The van der Waals surface area contributed by atoms with E-state index in [2.05, 4.69) is 5.32 Å². The van der Waals surface area contributed by atoms with Crippen molar-refractivity contribution in [1.82, 2.24) is 0 Å². The van der Waals surface area contributed by atoms with Crippen molar-refractivity contribution in [2.45, 2.75) is 22.7 Å². The van der Waals surface area contributed by atoms with Crippen LogP contribution in [0.3, 0.4) is 0 Å². The molecule has 0 saturated carbocycles. The lowest BCUT2D eigenvalue weighted by molar-refractivity contribution is -0.113. The van der Waals surface area contributed by atoms with Crippen molar-refractivity contribution < 1.29 is 16.6 Å². The highest BCUT2D eigenvalue weighted by molar-refractivity contribution is 14.1. The first-order chi connectivity index (χ1) is 9.82. The first-order valence-electron chi connectivity index (χ1n) is 6.11. The molecule has 0 heterocycles. The zero-order valence-electron chi connectivity index (χ0n) is 10.8. The second-order valence-corrected chi connectivity index (χ2v) is 8.59. The molecule has 1 aromatic carbocycles. The van der Waals surface area contributed by atoms with Gasteiger partial charge >= 0.3 is 0 Å². The van der Waals surface area contributed by atoms with Crippen molar-refractivity contribution in [3.05, 3.63) is 40.9 Å². The van der Waals surface area contributed by atoms with Crippen molar-refractivity contribution in [2.75, 3.05) is 5.32 Å². The topological polar surface area (TPSA) is 38.3 Å². The summed E-state index contributed by atoms with van der Waals surface area (Å²) in [6.45, 7) is 0. The Balaban J connectivity index is 2.23. The average Bonchev–Trinajstić information content (AvgIpc) is 2.88. The minimum Gasteiger partial charge on any atom is -0.432 e. The lowest BCUT2D eigenvalue weighted by Gasteiger charge is -2.15. The number of alkyl halides is 2. The van der Waals surface area contributed by atoms with E-state index in [4.69, 9.17) is 3.07 Å². The maximum atomic E-state index is 13.9. The zero-order valence-corrected chi connectivity index (χ0v) is 16.2. The molecule has 2 rings (SSSR count). The van der Waals surface area contributed by atoms with Crippen LogP contribution >= 0.6 is 54.8 Å². The third kappa shape index (κ3) is 4.25. The van der Waals surface area contributed by atoms with Gasteiger partial charge in [-0.05, 0) is 53.6 Å². The summed E-state index contributed by atoms with van der Waals surface area (Å²) < 4.78 is 30.7. The molecule has 0 bridgehead atoms. The second-order valence-electron chi connectivity index (χ2n) is 4.60. The van der Waals surface area contributed by atoms with Gasteiger partial charge in [-0.2, -0.15) is 0 Å². The number of benzene rings is 1. The summed E-state index contributed by atoms with van der Waals surface area (Å²) in [5.74, 6) is -0.287. The van der Waals surface area contributed by atoms with Gasteiger partial charge in [0.05, 0.1) is 5.57 Å². The summed E-state index contributed by atoms with van der Waals surface area (Å²) in [4.78, 5) is 12.2. The Morgan fingerprint density at radius 3 is 2.76 bits per heavy atom. The molecule has 21 heavy (non-hydrogen) atoms. The average molecular weight is 537 g/mol. The molecule has 114 valence electrons. The number of anilines is 1. The highest BCUT2D eigenvalue weighted by atomic mass is 127. The fourth-order valence-corrected chi connectivity index (χ4v) is 3.23. The Bertz CT molecular complexity index is 602. The number of hydrogen-bond acceptors (Lipinski definition) is 2. The third-order valence-corrected chi connectivity index (χ3v) is 4.54. The van der Waals surface area contributed by atoms with E-state index in [1.807, 2.05) is 9.24 Å². The number of amides is 1. The van der Waals surface area contributed by atoms with Crippen LogP contribution in [0.1, 0.15) is 24.8 Å². The van der Waals surface area contributed by atoms with Gasteiger partial charge in [0.2, 0.25) is 3.42 Å². The number of carbonyl (C=O) groups excluding carboxylic acids is 1. The van der Waals surface area contributed by atoms with Gasteiger partial charge in [0.25, 0.3) is 5.91 Å². The van der Waals surface area contributed by atoms with Crippen LogP contribution in [0.2, 0.25) is 0 Å². The summed E-state index contributed by atoms with van der Waals surface area (Å²) in [6.07, 6.45) is 2.23. The highest BCUT2D eigenvalue weighted by Crippen LogP contribution is 2.42. The van der Waals surface area contributed by atoms with E-state index in [9.17, 15) is 13.6 Å². The molecule has 1 aliphatic rings. The molecule has 1 N–H and O–H groups in total. The monoisotopic (exact) mass is 537 g/mol. The lowest BCUT2D eigenvalue weighted by atomic mass is 10.1.